The van der Waals surface area contributed by atoms with Gasteiger partial charge in [-0.05, 0) is 27.7 Å². The molecule has 0 aromatic rings. The molecule has 1 atom stereocenters. The number of halogens is 2. The summed E-state index contributed by atoms with van der Waals surface area (Å²) in [7, 11) is 0. The van der Waals surface area contributed by atoms with Crippen molar-refractivity contribution in [2.45, 2.75) is 45.3 Å². The molecule has 1 unspecified atom stereocenters. The molecule has 4 nitrogen and oxygen atoms in total. The number of ether oxygens (including phenoxy) is 1. The first-order chi connectivity index (χ1) is 8.60. The summed E-state index contributed by atoms with van der Waals surface area (Å²) in [5.74, 6) is -0.539. The van der Waals surface area contributed by atoms with Gasteiger partial charge in [-0.2, -0.15) is 0 Å². The maximum Gasteiger partial charge on any atom is 0.251 e. The van der Waals surface area contributed by atoms with Gasteiger partial charge >= 0.3 is 0 Å². The highest BCUT2D eigenvalue weighted by molar-refractivity contribution is 5.91. The fourth-order valence-corrected chi connectivity index (χ4v) is 2.67. The van der Waals surface area contributed by atoms with Gasteiger partial charge in [-0.25, -0.2) is 8.78 Å². The largest absolute Gasteiger partial charge is 0.395 e. The van der Waals surface area contributed by atoms with Gasteiger partial charge in [0.25, 0.3) is 6.43 Å². The molecule has 0 radical (unpaired) electrons. The molecule has 0 spiro atoms. The third kappa shape index (κ3) is 3.94. The molecule has 0 aromatic carbocycles. The lowest BCUT2D eigenvalue weighted by atomic mass is 9.85. The fraction of sp³-hybridized carbons (Fsp3) is 0.923. The fourth-order valence-electron chi connectivity index (χ4n) is 2.67. The van der Waals surface area contributed by atoms with Crippen LogP contribution in [-0.4, -0.2) is 59.7 Å². The number of rotatable bonds is 6. The third-order valence-electron chi connectivity index (χ3n) is 3.52. The lowest BCUT2D eigenvalue weighted by molar-refractivity contribution is -0.132. The van der Waals surface area contributed by atoms with Crippen LogP contribution in [0.1, 0.15) is 27.7 Å². The molecule has 0 saturated carbocycles. The number of hydrogen-bond donors (Lipinski definition) is 1. The van der Waals surface area contributed by atoms with Crippen molar-refractivity contribution in [2.24, 2.45) is 5.92 Å². The molecule has 0 amide bonds. The number of ketones is 1. The lowest BCUT2D eigenvalue weighted by Crippen LogP contribution is -2.43. The minimum atomic E-state index is -2.49. The Balaban J connectivity index is 2.80. The average Bonchev–Trinajstić information content (AvgIpc) is 2.36. The van der Waals surface area contributed by atoms with Crippen molar-refractivity contribution in [2.75, 3.05) is 26.2 Å². The highest BCUT2D eigenvalue weighted by Crippen LogP contribution is 2.39. The Labute approximate surface area is 112 Å². The number of hydrogen-bond acceptors (Lipinski definition) is 4. The maximum atomic E-state index is 12.5. The van der Waals surface area contributed by atoms with E-state index in [-0.39, 0.29) is 25.5 Å². The quantitative estimate of drug-likeness (QED) is 0.796. The second kappa shape index (κ2) is 5.81. The van der Waals surface area contributed by atoms with Crippen molar-refractivity contribution in [3.8, 4) is 0 Å². The standard InChI is InChI=1S/C13H23F2NO3/c1-12(2)9(11(18)13(3,4)19-12)7-16(5-6-17)8-10(14)15/h9-10,17H,5-8H2,1-4H3. The van der Waals surface area contributed by atoms with Crippen molar-refractivity contribution < 1.29 is 23.4 Å². The molecule has 0 bridgehead atoms. The topological polar surface area (TPSA) is 49.8 Å². The molecule has 0 aromatic heterocycles. The zero-order chi connectivity index (χ0) is 14.8. The summed E-state index contributed by atoms with van der Waals surface area (Å²) in [4.78, 5) is 13.7. The normalized spacial score (nSPS) is 25.5. The number of carbonyl (C=O) groups excluding carboxylic acids is 1. The van der Waals surface area contributed by atoms with Gasteiger partial charge in [-0.15, -0.1) is 0 Å². The summed E-state index contributed by atoms with van der Waals surface area (Å²) < 4.78 is 30.7. The van der Waals surface area contributed by atoms with E-state index in [1.807, 2.05) is 0 Å². The summed E-state index contributed by atoms with van der Waals surface area (Å²) in [6.45, 7) is 6.64. The molecule has 112 valence electrons. The van der Waals surface area contributed by atoms with Gasteiger partial charge in [0.2, 0.25) is 0 Å². The van der Waals surface area contributed by atoms with Crippen LogP contribution in [0.3, 0.4) is 0 Å². The zero-order valence-electron chi connectivity index (χ0n) is 11.9. The maximum absolute atomic E-state index is 12.5. The van der Waals surface area contributed by atoms with Gasteiger partial charge in [0.15, 0.2) is 5.78 Å². The van der Waals surface area contributed by atoms with E-state index in [0.717, 1.165) is 0 Å². The first-order valence-corrected chi connectivity index (χ1v) is 6.46. The predicted molar refractivity (Wildman–Crippen MR) is 67.3 cm³/mol. The highest BCUT2D eigenvalue weighted by atomic mass is 19.3. The molecule has 19 heavy (non-hydrogen) atoms. The lowest BCUT2D eigenvalue weighted by Gasteiger charge is -2.30. The van der Waals surface area contributed by atoms with Crippen molar-refractivity contribution in [3.05, 3.63) is 0 Å². The van der Waals surface area contributed by atoms with Crippen LogP contribution in [0.4, 0.5) is 8.78 Å². The molecule has 1 saturated heterocycles. The number of nitrogens with zero attached hydrogens (tertiary/aromatic N) is 1. The Bertz CT molecular complexity index is 332. The van der Waals surface area contributed by atoms with Crippen molar-refractivity contribution in [1.82, 2.24) is 4.90 Å². The number of aliphatic hydroxyl groups excluding tert-OH is 1. The molecule has 1 fully saturated rings. The third-order valence-corrected chi connectivity index (χ3v) is 3.52. The molecule has 1 aliphatic rings. The summed E-state index contributed by atoms with van der Waals surface area (Å²) in [5.41, 5.74) is -1.57. The average molecular weight is 279 g/mol. The van der Waals surface area contributed by atoms with Crippen LogP contribution in [0.15, 0.2) is 0 Å². The van der Waals surface area contributed by atoms with Gasteiger partial charge in [0.05, 0.1) is 24.7 Å². The zero-order valence-corrected chi connectivity index (χ0v) is 11.9. The molecule has 0 aliphatic carbocycles. The van der Waals surface area contributed by atoms with Crippen molar-refractivity contribution in [3.63, 3.8) is 0 Å². The first-order valence-electron chi connectivity index (χ1n) is 6.46. The second-order valence-electron chi connectivity index (χ2n) is 6.01. The predicted octanol–water partition coefficient (Wildman–Crippen LogP) is 1.32. The van der Waals surface area contributed by atoms with Gasteiger partial charge in [0.1, 0.15) is 5.60 Å². The Hall–Kier alpha value is -0.590. The minimum Gasteiger partial charge on any atom is -0.395 e. The summed E-state index contributed by atoms with van der Waals surface area (Å²) in [6.07, 6.45) is -2.49. The Morgan fingerprint density at radius 1 is 1.37 bits per heavy atom. The van der Waals surface area contributed by atoms with Crippen LogP contribution in [0.2, 0.25) is 0 Å². The monoisotopic (exact) mass is 279 g/mol. The van der Waals surface area contributed by atoms with Crippen LogP contribution >= 0.6 is 0 Å². The van der Waals surface area contributed by atoms with Crippen LogP contribution in [-0.2, 0) is 9.53 Å². The molecule has 1 aliphatic heterocycles. The van der Waals surface area contributed by atoms with Crippen LogP contribution < -0.4 is 0 Å². The van der Waals surface area contributed by atoms with E-state index in [4.69, 9.17) is 9.84 Å². The molecule has 1 heterocycles. The van der Waals surface area contributed by atoms with Crippen molar-refractivity contribution in [1.29, 1.82) is 0 Å². The summed E-state index contributed by atoms with van der Waals surface area (Å²) >= 11 is 0. The van der Waals surface area contributed by atoms with E-state index in [2.05, 4.69) is 0 Å². The molecule has 1 N–H and O–H groups in total. The van der Waals surface area contributed by atoms with Gasteiger partial charge in [0, 0.05) is 13.1 Å². The number of carbonyl (C=O) groups is 1. The van der Waals surface area contributed by atoms with Gasteiger partial charge in [-0.1, -0.05) is 0 Å². The van der Waals surface area contributed by atoms with Gasteiger partial charge < -0.3 is 9.84 Å². The van der Waals surface area contributed by atoms with E-state index >= 15 is 0 Å². The minimum absolute atomic E-state index is 0.0743. The first kappa shape index (κ1) is 16.5. The Kier molecular flexibility index (Phi) is 5.03. The summed E-state index contributed by atoms with van der Waals surface area (Å²) in [5, 5.41) is 8.92. The van der Waals surface area contributed by atoms with Crippen LogP contribution in [0.5, 0.6) is 0 Å². The van der Waals surface area contributed by atoms with E-state index < -0.39 is 30.1 Å². The SMILES string of the molecule is CC1(C)OC(C)(C)C(CN(CCO)CC(F)F)C1=O. The number of aliphatic hydroxyl groups is 1. The van der Waals surface area contributed by atoms with Gasteiger partial charge in [-0.3, -0.25) is 9.69 Å². The second-order valence-corrected chi connectivity index (χ2v) is 6.01. The molecular formula is C13H23F2NO3. The Morgan fingerprint density at radius 2 is 1.95 bits per heavy atom. The summed E-state index contributed by atoms with van der Waals surface area (Å²) in [6, 6.07) is 0. The van der Waals surface area contributed by atoms with Crippen LogP contribution in [0.25, 0.3) is 0 Å². The smallest absolute Gasteiger partial charge is 0.251 e. The van der Waals surface area contributed by atoms with E-state index in [9.17, 15) is 13.6 Å². The molecule has 6 heteroatoms. The Morgan fingerprint density at radius 3 is 2.32 bits per heavy atom. The van der Waals surface area contributed by atoms with Crippen molar-refractivity contribution >= 4 is 5.78 Å². The highest BCUT2D eigenvalue weighted by Gasteiger charge is 2.53. The van der Waals surface area contributed by atoms with E-state index in [0.29, 0.717) is 0 Å². The number of alkyl halides is 2. The molecule has 1 rings (SSSR count). The van der Waals surface area contributed by atoms with E-state index in [1.54, 1.807) is 27.7 Å². The van der Waals surface area contributed by atoms with E-state index in [1.165, 1.54) is 4.90 Å². The molecular weight excluding hydrogens is 256 g/mol. The number of Topliss-reactive ketones (excluding diaryl/α,β-unsaturated/α-hetero) is 1. The van der Waals surface area contributed by atoms with Crippen LogP contribution in [0, 0.1) is 5.92 Å².